The van der Waals surface area contributed by atoms with Gasteiger partial charge in [-0.05, 0) is 12.1 Å². The third-order valence-corrected chi connectivity index (χ3v) is 2.45. The van der Waals surface area contributed by atoms with Crippen LogP contribution in [0.1, 0.15) is 5.69 Å². The van der Waals surface area contributed by atoms with E-state index in [1.54, 1.807) is 18.3 Å². The summed E-state index contributed by atoms with van der Waals surface area (Å²) in [5.74, 6) is -0.708. The van der Waals surface area contributed by atoms with Crippen molar-refractivity contribution in [3.05, 3.63) is 35.0 Å². The molecule has 7 heteroatoms. The maximum atomic E-state index is 11.4. The minimum absolute atomic E-state index is 0.198. The van der Waals surface area contributed by atoms with Gasteiger partial charge in [-0.2, -0.15) is 0 Å². The molecule has 0 radical (unpaired) electrons. The number of nitrogens with zero attached hydrogens (tertiary/aromatic N) is 3. The van der Waals surface area contributed by atoms with Crippen LogP contribution in [-0.2, 0) is 11.2 Å². The van der Waals surface area contributed by atoms with E-state index in [9.17, 15) is 9.70 Å². The van der Waals surface area contributed by atoms with E-state index >= 15 is 0 Å². The van der Waals surface area contributed by atoms with Gasteiger partial charge in [-0.1, -0.05) is 11.2 Å². The van der Waals surface area contributed by atoms with E-state index in [0.29, 0.717) is 6.42 Å². The molecule has 0 unspecified atom stereocenters. The van der Waals surface area contributed by atoms with E-state index < -0.39 is 18.6 Å². The lowest BCUT2D eigenvalue weighted by Crippen LogP contribution is -2.35. The molecule has 0 fully saturated rings. The molecule has 1 heterocycles. The summed E-state index contributed by atoms with van der Waals surface area (Å²) >= 11 is 5.68. The first-order chi connectivity index (χ1) is 8.19. The molecular weight excluding hydrogens is 246 g/mol. The second kappa shape index (κ2) is 6.93. The summed E-state index contributed by atoms with van der Waals surface area (Å²) in [6.07, 6.45) is 2.10. The van der Waals surface area contributed by atoms with Crippen molar-refractivity contribution in [2.75, 3.05) is 13.2 Å². The largest absolute Gasteiger partial charge is 0.393 e. The summed E-state index contributed by atoms with van der Waals surface area (Å²) in [4.78, 5) is 25.7. The zero-order valence-electron chi connectivity index (χ0n) is 8.99. The molecule has 1 rings (SSSR count). The van der Waals surface area contributed by atoms with Gasteiger partial charge in [0.25, 0.3) is 5.91 Å². The van der Waals surface area contributed by atoms with Gasteiger partial charge in [0.05, 0.1) is 6.61 Å². The lowest BCUT2D eigenvalue weighted by atomic mass is 10.2. The highest BCUT2D eigenvalue weighted by Crippen LogP contribution is 2.05. The summed E-state index contributed by atoms with van der Waals surface area (Å²) in [5.41, 5.74) is 0.783. The first-order valence-electron chi connectivity index (χ1n) is 4.99. The Kier molecular flexibility index (Phi) is 5.51. The number of amides is 1. The third-order valence-electron chi connectivity index (χ3n) is 2.11. The number of aliphatic hydroxyl groups excluding tert-OH is 1. The highest BCUT2D eigenvalue weighted by Gasteiger charge is 2.23. The van der Waals surface area contributed by atoms with Gasteiger partial charge in [-0.15, -0.1) is 4.91 Å². The Labute approximate surface area is 103 Å². The van der Waals surface area contributed by atoms with Crippen LogP contribution in [0.4, 0.5) is 0 Å². The Balaban J connectivity index is 2.47. The van der Waals surface area contributed by atoms with Crippen LogP contribution in [0.5, 0.6) is 0 Å². The Bertz CT molecular complexity index is 374. The number of carbonyl (C=O) groups excluding carboxylic acids is 1. The maximum absolute atomic E-state index is 11.4. The van der Waals surface area contributed by atoms with E-state index in [1.807, 2.05) is 6.07 Å². The van der Waals surface area contributed by atoms with Crippen LogP contribution in [0.15, 0.2) is 29.6 Å². The Morgan fingerprint density at radius 2 is 2.35 bits per heavy atom. The summed E-state index contributed by atoms with van der Waals surface area (Å²) in [5, 5.41) is 11.2. The Morgan fingerprint density at radius 1 is 1.59 bits per heavy atom. The number of hydrogen-bond donors (Lipinski definition) is 1. The first-order valence-corrected chi connectivity index (χ1v) is 5.33. The molecule has 1 amide bonds. The van der Waals surface area contributed by atoms with Crippen molar-refractivity contribution < 1.29 is 9.90 Å². The first kappa shape index (κ1) is 13.5. The van der Waals surface area contributed by atoms with Gasteiger partial charge in [0.15, 0.2) is 6.04 Å². The molecule has 0 saturated heterocycles. The average Bonchev–Trinajstić information content (AvgIpc) is 2.38. The fourth-order valence-corrected chi connectivity index (χ4v) is 1.38. The predicted octanol–water partition coefficient (Wildman–Crippen LogP) is 0.734. The molecule has 0 saturated carbocycles. The molecule has 0 spiro atoms. The smallest absolute Gasteiger partial charge is 0.267 e. The quantitative estimate of drug-likeness (QED) is 0.602. The number of nitroso groups, excluding NO2 is 1. The lowest BCUT2D eigenvalue weighted by Gasteiger charge is -2.15. The van der Waals surface area contributed by atoms with E-state index in [4.69, 9.17) is 16.9 Å². The molecule has 92 valence electrons. The molecule has 1 N–H and O–H groups in total. The molecule has 0 aliphatic carbocycles. The minimum atomic E-state index is -1.34. The highest BCUT2D eigenvalue weighted by molar-refractivity contribution is 6.22. The maximum Gasteiger partial charge on any atom is 0.267 e. The van der Waals surface area contributed by atoms with Crippen molar-refractivity contribution in [3.63, 3.8) is 0 Å². The summed E-state index contributed by atoms with van der Waals surface area (Å²) in [6.45, 7) is -0.446. The number of hydrogen-bond acceptors (Lipinski definition) is 5. The zero-order chi connectivity index (χ0) is 12.7. The molecule has 1 aromatic rings. The SMILES string of the molecule is O=N[C@H](CO)C(=O)N(Cl)CCc1ccccn1. The molecular formula is C10H12ClN3O3. The Morgan fingerprint density at radius 3 is 2.88 bits per heavy atom. The molecule has 0 aliphatic heterocycles. The van der Waals surface area contributed by atoms with Crippen molar-refractivity contribution in [1.29, 1.82) is 0 Å². The molecule has 0 aliphatic rings. The summed E-state index contributed by atoms with van der Waals surface area (Å²) in [7, 11) is 0. The summed E-state index contributed by atoms with van der Waals surface area (Å²) in [6, 6.07) is 4.07. The summed E-state index contributed by atoms with van der Waals surface area (Å²) < 4.78 is 0.844. The van der Waals surface area contributed by atoms with Crippen molar-refractivity contribution in [3.8, 4) is 0 Å². The van der Waals surface area contributed by atoms with E-state index in [1.165, 1.54) is 0 Å². The standard InChI is InChI=1S/C10H12ClN3O3/c11-14(10(16)9(7-15)13-17)6-4-8-3-1-2-5-12-8/h1-3,5,9,15H,4,6-7H2/t9-/m1/s1. The van der Waals surface area contributed by atoms with Crippen LogP contribution in [-0.4, -0.2) is 39.6 Å². The van der Waals surface area contributed by atoms with Crippen molar-refractivity contribution >= 4 is 17.7 Å². The van der Waals surface area contributed by atoms with Crippen molar-refractivity contribution in [2.24, 2.45) is 5.18 Å². The zero-order valence-corrected chi connectivity index (χ0v) is 9.75. The topological polar surface area (TPSA) is 82.9 Å². The fraction of sp³-hybridized carbons (Fsp3) is 0.400. The van der Waals surface area contributed by atoms with Crippen LogP contribution in [0.2, 0.25) is 0 Å². The monoisotopic (exact) mass is 257 g/mol. The molecule has 0 bridgehead atoms. The highest BCUT2D eigenvalue weighted by atomic mass is 35.5. The van der Waals surface area contributed by atoms with Crippen molar-refractivity contribution in [1.82, 2.24) is 9.40 Å². The van der Waals surface area contributed by atoms with Gasteiger partial charge >= 0.3 is 0 Å². The van der Waals surface area contributed by atoms with Crippen LogP contribution < -0.4 is 0 Å². The fourth-order valence-electron chi connectivity index (χ4n) is 1.19. The van der Waals surface area contributed by atoms with Gasteiger partial charge in [-0.25, -0.2) is 0 Å². The van der Waals surface area contributed by atoms with Crippen LogP contribution >= 0.6 is 11.8 Å². The molecule has 1 aromatic heterocycles. The minimum Gasteiger partial charge on any atom is -0.393 e. The predicted molar refractivity (Wildman–Crippen MR) is 62.2 cm³/mol. The number of aliphatic hydroxyl groups is 1. The number of aromatic nitrogens is 1. The van der Waals surface area contributed by atoms with Gasteiger partial charge in [0.2, 0.25) is 0 Å². The average molecular weight is 258 g/mol. The normalized spacial score (nSPS) is 11.9. The molecule has 6 nitrogen and oxygen atoms in total. The van der Waals surface area contributed by atoms with Gasteiger partial charge in [0, 0.05) is 36.6 Å². The van der Waals surface area contributed by atoms with Gasteiger partial charge in [-0.3, -0.25) is 14.2 Å². The second-order valence-electron chi connectivity index (χ2n) is 3.30. The van der Waals surface area contributed by atoms with E-state index in [0.717, 1.165) is 10.1 Å². The van der Waals surface area contributed by atoms with Crippen LogP contribution in [0.3, 0.4) is 0 Å². The Hall–Kier alpha value is -1.53. The number of rotatable bonds is 6. The van der Waals surface area contributed by atoms with Crippen LogP contribution in [0, 0.1) is 4.91 Å². The second-order valence-corrected chi connectivity index (χ2v) is 3.71. The number of pyridine rings is 1. The van der Waals surface area contributed by atoms with Crippen molar-refractivity contribution in [2.45, 2.75) is 12.5 Å². The molecule has 17 heavy (non-hydrogen) atoms. The third kappa shape index (κ3) is 4.08. The van der Waals surface area contributed by atoms with E-state index in [-0.39, 0.29) is 6.54 Å². The number of carbonyl (C=O) groups is 1. The van der Waals surface area contributed by atoms with E-state index in [2.05, 4.69) is 10.2 Å². The lowest BCUT2D eigenvalue weighted by molar-refractivity contribution is -0.128. The van der Waals surface area contributed by atoms with Gasteiger partial charge in [0.1, 0.15) is 0 Å². The molecule has 1 atom stereocenters. The van der Waals surface area contributed by atoms with Crippen LogP contribution in [0.25, 0.3) is 0 Å². The molecule has 0 aromatic carbocycles. The number of halogens is 1. The van der Waals surface area contributed by atoms with Gasteiger partial charge < -0.3 is 5.11 Å².